The standard InChI is InChI=1S/C16H19F2NO3/c1-2-22-16(21)11-4-3-6-19(7-5-11)15(20)12-8-13(17)10-14(18)9-12/h8-11H,2-7H2,1H3. The first-order valence-corrected chi connectivity index (χ1v) is 7.43. The number of halogens is 2. The fourth-order valence-electron chi connectivity index (χ4n) is 2.66. The van der Waals surface area contributed by atoms with Crippen molar-refractivity contribution in [2.75, 3.05) is 19.7 Å². The number of nitrogens with zero attached hydrogens (tertiary/aromatic N) is 1. The Kier molecular flexibility index (Phi) is 5.46. The third-order valence-corrected chi connectivity index (χ3v) is 3.74. The van der Waals surface area contributed by atoms with Gasteiger partial charge in [0.05, 0.1) is 12.5 Å². The van der Waals surface area contributed by atoms with E-state index in [1.807, 2.05) is 0 Å². The maximum atomic E-state index is 13.2. The second-order valence-electron chi connectivity index (χ2n) is 5.33. The van der Waals surface area contributed by atoms with Gasteiger partial charge in [-0.05, 0) is 38.3 Å². The Balaban J connectivity index is 2.04. The third-order valence-electron chi connectivity index (χ3n) is 3.74. The molecule has 1 aromatic rings. The molecule has 6 heteroatoms. The molecule has 1 amide bonds. The number of hydrogen-bond acceptors (Lipinski definition) is 3. The van der Waals surface area contributed by atoms with E-state index >= 15 is 0 Å². The lowest BCUT2D eigenvalue weighted by atomic mass is 10.0. The first kappa shape index (κ1) is 16.4. The number of hydrogen-bond donors (Lipinski definition) is 0. The fraction of sp³-hybridized carbons (Fsp3) is 0.500. The molecule has 1 atom stereocenters. The quantitative estimate of drug-likeness (QED) is 0.806. The largest absolute Gasteiger partial charge is 0.466 e. The summed E-state index contributed by atoms with van der Waals surface area (Å²) in [5.74, 6) is -2.43. The smallest absolute Gasteiger partial charge is 0.308 e. The first-order chi connectivity index (χ1) is 10.5. The molecule has 120 valence electrons. The van der Waals surface area contributed by atoms with Gasteiger partial charge in [0.2, 0.25) is 0 Å². The third kappa shape index (κ3) is 4.02. The lowest BCUT2D eigenvalue weighted by molar-refractivity contribution is -0.148. The number of amides is 1. The number of rotatable bonds is 3. The molecule has 0 saturated carbocycles. The maximum Gasteiger partial charge on any atom is 0.308 e. The Bertz CT molecular complexity index is 542. The molecule has 1 unspecified atom stereocenters. The minimum absolute atomic E-state index is 0.00733. The van der Waals surface area contributed by atoms with Crippen LogP contribution in [0.3, 0.4) is 0 Å². The summed E-state index contributed by atoms with van der Waals surface area (Å²) in [5.41, 5.74) is -0.00733. The number of benzene rings is 1. The van der Waals surface area contributed by atoms with Crippen molar-refractivity contribution < 1.29 is 23.1 Å². The molecule has 1 aromatic carbocycles. The van der Waals surface area contributed by atoms with Crippen molar-refractivity contribution in [3.63, 3.8) is 0 Å². The molecule has 1 saturated heterocycles. The number of carbonyl (C=O) groups is 2. The van der Waals surface area contributed by atoms with Gasteiger partial charge in [0.15, 0.2) is 0 Å². The van der Waals surface area contributed by atoms with Gasteiger partial charge >= 0.3 is 5.97 Å². The normalized spacial score (nSPS) is 18.7. The molecule has 22 heavy (non-hydrogen) atoms. The number of ether oxygens (including phenoxy) is 1. The van der Waals surface area contributed by atoms with Gasteiger partial charge in [-0.1, -0.05) is 0 Å². The van der Waals surface area contributed by atoms with E-state index in [4.69, 9.17) is 4.74 Å². The van der Waals surface area contributed by atoms with E-state index in [0.29, 0.717) is 39.0 Å². The molecule has 0 N–H and O–H groups in total. The Morgan fingerprint density at radius 3 is 2.50 bits per heavy atom. The van der Waals surface area contributed by atoms with Crippen molar-refractivity contribution in [1.29, 1.82) is 0 Å². The van der Waals surface area contributed by atoms with Gasteiger partial charge in [-0.2, -0.15) is 0 Å². The van der Waals surface area contributed by atoms with Crippen LogP contribution in [0.5, 0.6) is 0 Å². The average molecular weight is 311 g/mol. The van der Waals surface area contributed by atoms with Gasteiger partial charge < -0.3 is 9.64 Å². The Morgan fingerprint density at radius 1 is 1.18 bits per heavy atom. The number of carbonyl (C=O) groups excluding carboxylic acids is 2. The maximum absolute atomic E-state index is 13.2. The van der Waals surface area contributed by atoms with Crippen LogP contribution in [0.1, 0.15) is 36.5 Å². The highest BCUT2D eigenvalue weighted by Gasteiger charge is 2.26. The highest BCUT2D eigenvalue weighted by molar-refractivity contribution is 5.94. The molecule has 0 spiro atoms. The summed E-state index contributed by atoms with van der Waals surface area (Å²) >= 11 is 0. The molecule has 4 nitrogen and oxygen atoms in total. The van der Waals surface area contributed by atoms with Crippen molar-refractivity contribution in [3.8, 4) is 0 Å². The first-order valence-electron chi connectivity index (χ1n) is 7.43. The molecule has 1 fully saturated rings. The Morgan fingerprint density at radius 2 is 1.86 bits per heavy atom. The summed E-state index contributed by atoms with van der Waals surface area (Å²) in [6.07, 6.45) is 1.81. The van der Waals surface area contributed by atoms with Crippen molar-refractivity contribution in [3.05, 3.63) is 35.4 Å². The zero-order chi connectivity index (χ0) is 16.1. The Labute approximate surface area is 128 Å². The van der Waals surface area contributed by atoms with Crippen LogP contribution in [-0.4, -0.2) is 36.5 Å². The topological polar surface area (TPSA) is 46.6 Å². The van der Waals surface area contributed by atoms with Crippen LogP contribution in [0.4, 0.5) is 8.78 Å². The summed E-state index contributed by atoms with van der Waals surface area (Å²) in [5, 5.41) is 0. The molecule has 2 rings (SSSR count). The van der Waals surface area contributed by atoms with Crippen LogP contribution < -0.4 is 0 Å². The molecule has 0 bridgehead atoms. The van der Waals surface area contributed by atoms with Crippen molar-refractivity contribution in [2.45, 2.75) is 26.2 Å². The molecule has 0 radical (unpaired) electrons. The van der Waals surface area contributed by atoms with Crippen molar-refractivity contribution in [1.82, 2.24) is 4.90 Å². The Hall–Kier alpha value is -1.98. The summed E-state index contributed by atoms with van der Waals surface area (Å²) in [4.78, 5) is 25.6. The van der Waals surface area contributed by atoms with Gasteiger partial charge in [-0.25, -0.2) is 8.78 Å². The summed E-state index contributed by atoms with van der Waals surface area (Å²) < 4.78 is 31.4. The summed E-state index contributed by atoms with van der Waals surface area (Å²) in [6.45, 7) is 2.93. The van der Waals surface area contributed by atoms with Crippen LogP contribution in [-0.2, 0) is 9.53 Å². The van der Waals surface area contributed by atoms with E-state index in [0.717, 1.165) is 18.2 Å². The fourth-order valence-corrected chi connectivity index (χ4v) is 2.66. The van der Waals surface area contributed by atoms with E-state index in [1.165, 1.54) is 4.90 Å². The summed E-state index contributed by atoms with van der Waals surface area (Å²) in [6, 6.07) is 2.79. The van der Waals surface area contributed by atoms with Gasteiger partial charge in [0.25, 0.3) is 5.91 Å². The van der Waals surface area contributed by atoms with Crippen LogP contribution in [0.2, 0.25) is 0 Å². The SMILES string of the molecule is CCOC(=O)C1CCCN(C(=O)c2cc(F)cc(F)c2)CC1. The second-order valence-corrected chi connectivity index (χ2v) is 5.33. The molecular weight excluding hydrogens is 292 g/mol. The van der Waals surface area contributed by atoms with Crippen LogP contribution in [0.25, 0.3) is 0 Å². The zero-order valence-electron chi connectivity index (χ0n) is 12.5. The summed E-state index contributed by atoms with van der Waals surface area (Å²) in [7, 11) is 0. The minimum Gasteiger partial charge on any atom is -0.466 e. The van der Waals surface area contributed by atoms with Crippen LogP contribution in [0, 0.1) is 17.6 Å². The monoisotopic (exact) mass is 311 g/mol. The van der Waals surface area contributed by atoms with Crippen molar-refractivity contribution >= 4 is 11.9 Å². The molecule has 0 aliphatic carbocycles. The van der Waals surface area contributed by atoms with Gasteiger partial charge in [0.1, 0.15) is 11.6 Å². The highest BCUT2D eigenvalue weighted by atomic mass is 19.1. The predicted molar refractivity (Wildman–Crippen MR) is 76.2 cm³/mol. The minimum atomic E-state index is -0.775. The number of likely N-dealkylation sites (tertiary alicyclic amines) is 1. The van der Waals surface area contributed by atoms with E-state index in [9.17, 15) is 18.4 Å². The molecule has 1 aliphatic heterocycles. The van der Waals surface area contributed by atoms with Gasteiger partial charge in [-0.3, -0.25) is 9.59 Å². The molecule has 0 aromatic heterocycles. The van der Waals surface area contributed by atoms with Crippen molar-refractivity contribution in [2.24, 2.45) is 5.92 Å². The average Bonchev–Trinajstić information content (AvgIpc) is 2.71. The van der Waals surface area contributed by atoms with Gasteiger partial charge in [-0.15, -0.1) is 0 Å². The second kappa shape index (κ2) is 7.33. The molecule has 1 heterocycles. The molecule has 1 aliphatic rings. The van der Waals surface area contributed by atoms with Crippen LogP contribution in [0.15, 0.2) is 18.2 Å². The van der Waals surface area contributed by atoms with E-state index in [-0.39, 0.29) is 17.5 Å². The van der Waals surface area contributed by atoms with Gasteiger partial charge in [0, 0.05) is 24.7 Å². The highest BCUT2D eigenvalue weighted by Crippen LogP contribution is 2.21. The predicted octanol–water partition coefficient (Wildman–Crippen LogP) is 2.77. The van der Waals surface area contributed by atoms with E-state index in [2.05, 4.69) is 0 Å². The lowest BCUT2D eigenvalue weighted by Gasteiger charge is -2.20. The van der Waals surface area contributed by atoms with Crippen LogP contribution >= 0.6 is 0 Å². The molecular formula is C16H19F2NO3. The van der Waals surface area contributed by atoms with E-state index < -0.39 is 17.5 Å². The van der Waals surface area contributed by atoms with E-state index in [1.54, 1.807) is 6.92 Å². The number of esters is 1. The zero-order valence-corrected chi connectivity index (χ0v) is 12.5. The lowest BCUT2D eigenvalue weighted by Crippen LogP contribution is -2.32.